The third-order valence-electron chi connectivity index (χ3n) is 4.24. The first-order valence-electron chi connectivity index (χ1n) is 7.86. The summed E-state index contributed by atoms with van der Waals surface area (Å²) in [6, 6.07) is 0.707. The van der Waals surface area contributed by atoms with Crippen molar-refractivity contribution in [2.45, 2.75) is 46.6 Å². The van der Waals surface area contributed by atoms with Crippen LogP contribution in [0.4, 0.5) is 0 Å². The van der Waals surface area contributed by atoms with Crippen LogP contribution in [0.1, 0.15) is 40.5 Å². The second-order valence-corrected chi connectivity index (χ2v) is 5.80. The van der Waals surface area contributed by atoms with Gasteiger partial charge in [0.25, 0.3) is 0 Å². The van der Waals surface area contributed by atoms with Gasteiger partial charge in [-0.25, -0.2) is 0 Å². The molecule has 0 aromatic rings. The Balaban J connectivity index is 2.23. The van der Waals surface area contributed by atoms with Gasteiger partial charge in [0.1, 0.15) is 0 Å². The maximum Gasteiger partial charge on any atom is 0.0113 e. The molecule has 1 heterocycles. The molecule has 0 aromatic carbocycles. The Bertz CT molecular complexity index is 200. The molecule has 1 fully saturated rings. The molecule has 3 nitrogen and oxygen atoms in total. The minimum atomic E-state index is 0.707. The SMILES string of the molecule is CCCNCC(C)C(C)N1CCN(CCC)CC1. The predicted octanol–water partition coefficient (Wildman–Crippen LogP) is 2.04. The summed E-state index contributed by atoms with van der Waals surface area (Å²) in [4.78, 5) is 5.27. The number of nitrogens with zero attached hydrogens (tertiary/aromatic N) is 2. The average molecular weight is 255 g/mol. The average Bonchev–Trinajstić information content (AvgIpc) is 2.39. The molecule has 1 aliphatic heterocycles. The number of rotatable bonds is 8. The molecule has 0 bridgehead atoms. The van der Waals surface area contributed by atoms with Crippen LogP contribution in [0, 0.1) is 5.92 Å². The van der Waals surface area contributed by atoms with Gasteiger partial charge in [-0.05, 0) is 45.3 Å². The highest BCUT2D eigenvalue weighted by Gasteiger charge is 2.23. The molecule has 108 valence electrons. The van der Waals surface area contributed by atoms with E-state index in [9.17, 15) is 0 Å². The fourth-order valence-corrected chi connectivity index (χ4v) is 2.75. The Morgan fingerprint density at radius 1 is 1.00 bits per heavy atom. The molecule has 2 unspecified atom stereocenters. The molecule has 0 radical (unpaired) electrons. The molecule has 1 N–H and O–H groups in total. The van der Waals surface area contributed by atoms with Gasteiger partial charge in [0.05, 0.1) is 0 Å². The fraction of sp³-hybridized carbons (Fsp3) is 1.00. The molecule has 1 aliphatic rings. The normalized spacial score (nSPS) is 22.0. The second-order valence-electron chi connectivity index (χ2n) is 5.80. The first kappa shape index (κ1) is 15.9. The molecular weight excluding hydrogens is 222 g/mol. The number of hydrogen-bond acceptors (Lipinski definition) is 3. The summed E-state index contributed by atoms with van der Waals surface area (Å²) in [5.74, 6) is 0.745. The third kappa shape index (κ3) is 5.25. The van der Waals surface area contributed by atoms with Crippen molar-refractivity contribution in [3.8, 4) is 0 Å². The van der Waals surface area contributed by atoms with Gasteiger partial charge in [-0.15, -0.1) is 0 Å². The predicted molar refractivity (Wildman–Crippen MR) is 80.1 cm³/mol. The van der Waals surface area contributed by atoms with Gasteiger partial charge in [0.15, 0.2) is 0 Å². The lowest BCUT2D eigenvalue weighted by atomic mass is 10.0. The highest BCUT2D eigenvalue weighted by atomic mass is 15.3. The highest BCUT2D eigenvalue weighted by Crippen LogP contribution is 2.13. The zero-order valence-corrected chi connectivity index (χ0v) is 12.9. The van der Waals surface area contributed by atoms with E-state index < -0.39 is 0 Å². The van der Waals surface area contributed by atoms with Crippen molar-refractivity contribution in [1.29, 1.82) is 0 Å². The largest absolute Gasteiger partial charge is 0.316 e. The first-order chi connectivity index (χ1) is 8.69. The minimum Gasteiger partial charge on any atom is -0.316 e. The molecule has 0 aromatic heterocycles. The molecule has 1 saturated heterocycles. The van der Waals surface area contributed by atoms with Gasteiger partial charge in [0, 0.05) is 32.2 Å². The van der Waals surface area contributed by atoms with Crippen LogP contribution in [0.5, 0.6) is 0 Å². The Morgan fingerprint density at radius 3 is 2.22 bits per heavy atom. The molecule has 0 saturated carbocycles. The lowest BCUT2D eigenvalue weighted by molar-refractivity contribution is 0.0806. The van der Waals surface area contributed by atoms with Crippen LogP contribution < -0.4 is 5.32 Å². The quantitative estimate of drug-likeness (QED) is 0.670. The summed E-state index contributed by atoms with van der Waals surface area (Å²) in [7, 11) is 0. The van der Waals surface area contributed by atoms with Crippen LogP contribution in [0.2, 0.25) is 0 Å². The minimum absolute atomic E-state index is 0.707. The Labute approximate surface area is 114 Å². The van der Waals surface area contributed by atoms with Crippen molar-refractivity contribution in [2.75, 3.05) is 45.8 Å². The Kier molecular flexibility index (Phi) is 7.87. The number of nitrogens with one attached hydrogen (secondary N) is 1. The zero-order chi connectivity index (χ0) is 13.4. The smallest absolute Gasteiger partial charge is 0.0113 e. The van der Waals surface area contributed by atoms with Crippen LogP contribution in [0.15, 0.2) is 0 Å². The van der Waals surface area contributed by atoms with E-state index in [4.69, 9.17) is 0 Å². The van der Waals surface area contributed by atoms with E-state index in [-0.39, 0.29) is 0 Å². The number of hydrogen-bond donors (Lipinski definition) is 1. The maximum atomic E-state index is 3.55. The van der Waals surface area contributed by atoms with Crippen molar-refractivity contribution in [2.24, 2.45) is 5.92 Å². The van der Waals surface area contributed by atoms with E-state index >= 15 is 0 Å². The van der Waals surface area contributed by atoms with E-state index in [0.29, 0.717) is 6.04 Å². The molecule has 2 atom stereocenters. The van der Waals surface area contributed by atoms with Crippen molar-refractivity contribution >= 4 is 0 Å². The van der Waals surface area contributed by atoms with Gasteiger partial charge >= 0.3 is 0 Å². The molecule has 1 rings (SSSR count). The second kappa shape index (κ2) is 8.89. The zero-order valence-electron chi connectivity index (χ0n) is 12.9. The summed E-state index contributed by atoms with van der Waals surface area (Å²) < 4.78 is 0. The topological polar surface area (TPSA) is 18.5 Å². The summed E-state index contributed by atoms with van der Waals surface area (Å²) >= 11 is 0. The maximum absolute atomic E-state index is 3.55. The molecular formula is C15H33N3. The Morgan fingerprint density at radius 2 is 1.67 bits per heavy atom. The molecule has 3 heteroatoms. The summed E-state index contributed by atoms with van der Waals surface area (Å²) in [6.45, 7) is 17.9. The van der Waals surface area contributed by atoms with Crippen molar-refractivity contribution < 1.29 is 0 Å². The molecule has 0 spiro atoms. The van der Waals surface area contributed by atoms with Gasteiger partial charge in [0.2, 0.25) is 0 Å². The van der Waals surface area contributed by atoms with E-state index in [2.05, 4.69) is 42.8 Å². The van der Waals surface area contributed by atoms with Crippen LogP contribution in [0.25, 0.3) is 0 Å². The van der Waals surface area contributed by atoms with Crippen molar-refractivity contribution in [3.63, 3.8) is 0 Å². The van der Waals surface area contributed by atoms with E-state index in [1.165, 1.54) is 45.6 Å². The monoisotopic (exact) mass is 255 g/mol. The van der Waals surface area contributed by atoms with E-state index in [1.807, 2.05) is 0 Å². The highest BCUT2D eigenvalue weighted by molar-refractivity contribution is 4.79. The van der Waals surface area contributed by atoms with E-state index in [1.54, 1.807) is 0 Å². The Hall–Kier alpha value is -0.120. The summed E-state index contributed by atoms with van der Waals surface area (Å²) in [5.41, 5.74) is 0. The molecule has 18 heavy (non-hydrogen) atoms. The number of piperazine rings is 1. The van der Waals surface area contributed by atoms with Gasteiger partial charge in [-0.3, -0.25) is 4.90 Å². The summed E-state index contributed by atoms with van der Waals surface area (Å²) in [5, 5.41) is 3.55. The molecule has 0 amide bonds. The van der Waals surface area contributed by atoms with Crippen LogP contribution in [-0.2, 0) is 0 Å². The standard InChI is InChI=1S/C15H33N3/c1-5-7-16-13-14(3)15(4)18-11-9-17(8-6-2)10-12-18/h14-16H,5-13H2,1-4H3. The molecule has 0 aliphatic carbocycles. The summed E-state index contributed by atoms with van der Waals surface area (Å²) in [6.07, 6.45) is 2.52. The fourth-order valence-electron chi connectivity index (χ4n) is 2.75. The van der Waals surface area contributed by atoms with Crippen molar-refractivity contribution in [3.05, 3.63) is 0 Å². The lowest BCUT2D eigenvalue weighted by Gasteiger charge is -2.40. The van der Waals surface area contributed by atoms with Crippen LogP contribution in [0.3, 0.4) is 0 Å². The van der Waals surface area contributed by atoms with Crippen LogP contribution in [-0.4, -0.2) is 61.7 Å². The first-order valence-corrected chi connectivity index (χ1v) is 7.86. The third-order valence-corrected chi connectivity index (χ3v) is 4.24. The lowest BCUT2D eigenvalue weighted by Crippen LogP contribution is -2.52. The van der Waals surface area contributed by atoms with Gasteiger partial charge in [-0.2, -0.15) is 0 Å². The van der Waals surface area contributed by atoms with Crippen molar-refractivity contribution in [1.82, 2.24) is 15.1 Å². The van der Waals surface area contributed by atoms with Gasteiger partial charge in [-0.1, -0.05) is 20.8 Å². The van der Waals surface area contributed by atoms with E-state index in [0.717, 1.165) is 19.0 Å². The van der Waals surface area contributed by atoms with Gasteiger partial charge < -0.3 is 10.2 Å². The van der Waals surface area contributed by atoms with Crippen LogP contribution >= 0.6 is 0 Å².